The molecule has 0 bridgehead atoms. The molecule has 0 aliphatic carbocycles. The van der Waals surface area contributed by atoms with Crippen LogP contribution in [0.1, 0.15) is 36.5 Å². The van der Waals surface area contributed by atoms with Crippen LogP contribution in [0.2, 0.25) is 0 Å². The van der Waals surface area contributed by atoms with Crippen LogP contribution in [0.15, 0.2) is 60.7 Å². The van der Waals surface area contributed by atoms with Crippen molar-refractivity contribution in [1.29, 1.82) is 0 Å². The lowest BCUT2D eigenvalue weighted by molar-refractivity contribution is 0.509. The topological polar surface area (TPSA) is 0 Å². The standard InChI is InChI=1S/C24H19F3/c1-2-3-4-17-5-7-18(8-6-17)9-10-19-11-13-21(23(26)15-19)20-12-14-22(25)24(27)16-20/h5-8,11-16H,2-4H2,1H3. The maximum atomic E-state index is 14.4. The van der Waals surface area contributed by atoms with Gasteiger partial charge in [-0.05, 0) is 60.4 Å². The molecule has 0 spiro atoms. The molecule has 0 fully saturated rings. The van der Waals surface area contributed by atoms with E-state index in [9.17, 15) is 13.2 Å². The van der Waals surface area contributed by atoms with Gasteiger partial charge >= 0.3 is 0 Å². The van der Waals surface area contributed by atoms with Crippen molar-refractivity contribution in [3.63, 3.8) is 0 Å². The van der Waals surface area contributed by atoms with Gasteiger partial charge in [-0.15, -0.1) is 0 Å². The number of rotatable bonds is 4. The molecule has 3 aromatic rings. The molecule has 0 unspecified atom stereocenters. The summed E-state index contributed by atoms with van der Waals surface area (Å²) in [4.78, 5) is 0. The Morgan fingerprint density at radius 1 is 0.704 bits per heavy atom. The minimum atomic E-state index is -1.00. The monoisotopic (exact) mass is 364 g/mol. The van der Waals surface area contributed by atoms with Crippen molar-refractivity contribution in [1.82, 2.24) is 0 Å². The number of hydrogen-bond acceptors (Lipinski definition) is 0. The van der Waals surface area contributed by atoms with E-state index in [1.807, 2.05) is 12.1 Å². The fourth-order valence-electron chi connectivity index (χ4n) is 2.77. The lowest BCUT2D eigenvalue weighted by atomic mass is 10.0. The van der Waals surface area contributed by atoms with E-state index in [1.165, 1.54) is 23.8 Å². The molecule has 3 aromatic carbocycles. The van der Waals surface area contributed by atoms with Crippen LogP contribution in [-0.2, 0) is 6.42 Å². The maximum Gasteiger partial charge on any atom is 0.159 e. The molecule has 136 valence electrons. The largest absolute Gasteiger partial charge is 0.206 e. The van der Waals surface area contributed by atoms with E-state index in [-0.39, 0.29) is 11.1 Å². The molecule has 0 nitrogen and oxygen atoms in total. The van der Waals surface area contributed by atoms with Gasteiger partial charge in [0.1, 0.15) is 5.82 Å². The van der Waals surface area contributed by atoms with Gasteiger partial charge in [-0.1, -0.05) is 49.5 Å². The summed E-state index contributed by atoms with van der Waals surface area (Å²) < 4.78 is 40.8. The van der Waals surface area contributed by atoms with Gasteiger partial charge in [0.15, 0.2) is 11.6 Å². The third-order valence-corrected chi connectivity index (χ3v) is 4.32. The van der Waals surface area contributed by atoms with Crippen LogP contribution >= 0.6 is 0 Å². The highest BCUT2D eigenvalue weighted by molar-refractivity contribution is 5.65. The van der Waals surface area contributed by atoms with Crippen molar-refractivity contribution < 1.29 is 13.2 Å². The molecule has 0 N–H and O–H groups in total. The number of hydrogen-bond donors (Lipinski definition) is 0. The highest BCUT2D eigenvalue weighted by atomic mass is 19.2. The predicted octanol–water partition coefficient (Wildman–Crippen LogP) is 6.51. The van der Waals surface area contributed by atoms with Crippen molar-refractivity contribution in [2.24, 2.45) is 0 Å². The van der Waals surface area contributed by atoms with Gasteiger partial charge < -0.3 is 0 Å². The minimum absolute atomic E-state index is 0.208. The average molecular weight is 364 g/mol. The molecule has 0 saturated carbocycles. The molecule has 0 aliphatic heterocycles. The number of benzene rings is 3. The zero-order valence-corrected chi connectivity index (χ0v) is 15.0. The van der Waals surface area contributed by atoms with Crippen LogP contribution in [0.25, 0.3) is 11.1 Å². The lowest BCUT2D eigenvalue weighted by Gasteiger charge is -2.05. The Bertz CT molecular complexity index is 992. The molecule has 0 aromatic heterocycles. The van der Waals surface area contributed by atoms with E-state index in [4.69, 9.17) is 0 Å². The molecule has 0 heterocycles. The van der Waals surface area contributed by atoms with Gasteiger partial charge in [0.05, 0.1) is 0 Å². The first-order valence-electron chi connectivity index (χ1n) is 8.93. The maximum absolute atomic E-state index is 14.4. The molecule has 27 heavy (non-hydrogen) atoms. The molecular weight excluding hydrogens is 345 g/mol. The first kappa shape index (κ1) is 18.8. The molecule has 0 saturated heterocycles. The Balaban J connectivity index is 1.78. The molecule has 0 aliphatic rings. The summed E-state index contributed by atoms with van der Waals surface area (Å²) in [6.07, 6.45) is 3.38. The summed E-state index contributed by atoms with van der Waals surface area (Å²) in [7, 11) is 0. The van der Waals surface area contributed by atoms with Crippen LogP contribution < -0.4 is 0 Å². The van der Waals surface area contributed by atoms with Gasteiger partial charge in [0, 0.05) is 16.7 Å². The summed E-state index contributed by atoms with van der Waals surface area (Å²) >= 11 is 0. The SMILES string of the molecule is CCCCc1ccc(C#Cc2ccc(-c3ccc(F)c(F)c3)c(F)c2)cc1. The van der Waals surface area contributed by atoms with Gasteiger partial charge in [-0.2, -0.15) is 0 Å². The molecule has 0 atom stereocenters. The second kappa shape index (κ2) is 8.60. The predicted molar refractivity (Wildman–Crippen MR) is 103 cm³/mol. The smallest absolute Gasteiger partial charge is 0.159 e. The van der Waals surface area contributed by atoms with Crippen molar-refractivity contribution in [2.45, 2.75) is 26.2 Å². The third-order valence-electron chi connectivity index (χ3n) is 4.32. The van der Waals surface area contributed by atoms with Gasteiger partial charge in [0.2, 0.25) is 0 Å². The van der Waals surface area contributed by atoms with Crippen LogP contribution in [0, 0.1) is 29.3 Å². The van der Waals surface area contributed by atoms with E-state index in [0.29, 0.717) is 5.56 Å². The fraction of sp³-hybridized carbons (Fsp3) is 0.167. The Morgan fingerprint density at radius 2 is 1.41 bits per heavy atom. The third kappa shape index (κ3) is 4.80. The summed E-state index contributed by atoms with van der Waals surface area (Å²) in [5, 5.41) is 0. The summed E-state index contributed by atoms with van der Waals surface area (Å²) in [5.74, 6) is 3.48. The highest BCUT2D eigenvalue weighted by Crippen LogP contribution is 2.25. The van der Waals surface area contributed by atoms with Crippen LogP contribution in [0.4, 0.5) is 13.2 Å². The number of aryl methyl sites for hydroxylation is 1. The Labute approximate surface area is 157 Å². The Hall–Kier alpha value is -2.99. The number of unbranched alkanes of at least 4 members (excludes halogenated alkanes) is 1. The number of halogens is 3. The quantitative estimate of drug-likeness (QED) is 0.463. The summed E-state index contributed by atoms with van der Waals surface area (Å²) in [6, 6.07) is 15.9. The Morgan fingerprint density at radius 3 is 2.07 bits per heavy atom. The minimum Gasteiger partial charge on any atom is -0.206 e. The van der Waals surface area contributed by atoms with Crippen molar-refractivity contribution in [2.75, 3.05) is 0 Å². The molecule has 0 amide bonds. The van der Waals surface area contributed by atoms with E-state index in [1.54, 1.807) is 6.07 Å². The van der Waals surface area contributed by atoms with Gasteiger partial charge in [-0.25, -0.2) is 13.2 Å². The molecule has 3 heteroatoms. The van der Waals surface area contributed by atoms with Gasteiger partial charge in [-0.3, -0.25) is 0 Å². The fourth-order valence-corrected chi connectivity index (χ4v) is 2.77. The van der Waals surface area contributed by atoms with Gasteiger partial charge in [0.25, 0.3) is 0 Å². The van der Waals surface area contributed by atoms with Crippen molar-refractivity contribution in [3.05, 3.63) is 94.8 Å². The van der Waals surface area contributed by atoms with Crippen LogP contribution in [0.3, 0.4) is 0 Å². The first-order valence-corrected chi connectivity index (χ1v) is 8.93. The lowest BCUT2D eigenvalue weighted by Crippen LogP contribution is -1.89. The average Bonchev–Trinajstić information content (AvgIpc) is 2.68. The van der Waals surface area contributed by atoms with Crippen LogP contribution in [-0.4, -0.2) is 0 Å². The molecular formula is C24H19F3. The van der Waals surface area contributed by atoms with Crippen LogP contribution in [0.5, 0.6) is 0 Å². The van der Waals surface area contributed by atoms with E-state index in [2.05, 4.69) is 30.9 Å². The first-order chi connectivity index (χ1) is 13.1. The zero-order valence-electron chi connectivity index (χ0n) is 15.0. The van der Waals surface area contributed by atoms with Crippen molar-refractivity contribution >= 4 is 0 Å². The zero-order chi connectivity index (χ0) is 19.2. The molecule has 0 radical (unpaired) electrons. The second-order valence-electron chi connectivity index (χ2n) is 6.37. The second-order valence-corrected chi connectivity index (χ2v) is 6.37. The van der Waals surface area contributed by atoms with Crippen molar-refractivity contribution in [3.8, 4) is 23.0 Å². The highest BCUT2D eigenvalue weighted by Gasteiger charge is 2.09. The van der Waals surface area contributed by atoms with E-state index < -0.39 is 17.5 Å². The summed E-state index contributed by atoms with van der Waals surface area (Å²) in [6.45, 7) is 2.16. The Kier molecular flexibility index (Phi) is 5.98. The summed E-state index contributed by atoms with van der Waals surface area (Å²) in [5.41, 5.74) is 3.16. The van der Waals surface area contributed by atoms with E-state index in [0.717, 1.165) is 37.0 Å². The van der Waals surface area contributed by atoms with E-state index >= 15 is 0 Å². The molecule has 3 rings (SSSR count). The normalized spacial score (nSPS) is 10.4.